The van der Waals surface area contributed by atoms with Crippen molar-refractivity contribution in [1.82, 2.24) is 14.8 Å². The average Bonchev–Trinajstić information content (AvgIpc) is 3.01. The monoisotopic (exact) mass is 412 g/mol. The van der Waals surface area contributed by atoms with Crippen molar-refractivity contribution >= 4 is 23.3 Å². The van der Waals surface area contributed by atoms with Gasteiger partial charge in [0.05, 0.1) is 24.7 Å². The number of aromatic nitrogens is 3. The molecule has 0 atom stereocenters. The molecule has 3 heterocycles. The van der Waals surface area contributed by atoms with E-state index in [2.05, 4.69) is 15.4 Å². The van der Waals surface area contributed by atoms with E-state index in [1.807, 2.05) is 18.3 Å². The first kappa shape index (κ1) is 19.3. The Bertz CT molecular complexity index is 991. The summed E-state index contributed by atoms with van der Waals surface area (Å²) in [6.07, 6.45) is 7.20. The summed E-state index contributed by atoms with van der Waals surface area (Å²) < 4.78 is 13.1. The molecule has 1 aromatic carbocycles. The van der Waals surface area contributed by atoms with Gasteiger partial charge in [-0.25, -0.2) is 0 Å². The molecule has 0 fully saturated rings. The van der Waals surface area contributed by atoms with Gasteiger partial charge in [-0.15, -0.1) is 0 Å². The zero-order chi connectivity index (χ0) is 20.1. The molecule has 0 radical (unpaired) electrons. The van der Waals surface area contributed by atoms with Crippen molar-refractivity contribution in [2.45, 2.75) is 25.8 Å². The highest BCUT2D eigenvalue weighted by molar-refractivity contribution is 6.32. The smallest absolute Gasteiger partial charge is 0.229 e. The van der Waals surface area contributed by atoms with E-state index in [4.69, 9.17) is 21.1 Å². The molecule has 0 unspecified atom stereocenters. The minimum absolute atomic E-state index is 0.167. The molecule has 0 spiro atoms. The molecule has 7 nitrogen and oxygen atoms in total. The largest absolute Gasteiger partial charge is 0.489 e. The Morgan fingerprint density at radius 3 is 2.83 bits per heavy atom. The molecule has 1 amide bonds. The fourth-order valence-corrected chi connectivity index (χ4v) is 3.39. The molecular weight excluding hydrogens is 392 g/mol. The molecule has 0 bridgehead atoms. The van der Waals surface area contributed by atoms with E-state index < -0.39 is 0 Å². The molecule has 1 aliphatic rings. The van der Waals surface area contributed by atoms with Crippen LogP contribution in [0, 0.1) is 0 Å². The van der Waals surface area contributed by atoms with Gasteiger partial charge in [0.2, 0.25) is 5.91 Å². The minimum atomic E-state index is -0.171. The summed E-state index contributed by atoms with van der Waals surface area (Å²) >= 11 is 6.30. The second-order valence-corrected chi connectivity index (χ2v) is 7.16. The van der Waals surface area contributed by atoms with Crippen molar-refractivity contribution in [3.63, 3.8) is 0 Å². The van der Waals surface area contributed by atoms with Crippen LogP contribution in [0.25, 0.3) is 0 Å². The Hall–Kier alpha value is -3.06. The first-order chi connectivity index (χ1) is 14.2. The number of nitrogens with zero attached hydrogens (tertiary/aromatic N) is 3. The third kappa shape index (κ3) is 5.06. The highest BCUT2D eigenvalue weighted by Crippen LogP contribution is 2.38. The Labute approximate surface area is 173 Å². The Morgan fingerprint density at radius 2 is 1.97 bits per heavy atom. The summed E-state index contributed by atoms with van der Waals surface area (Å²) in [5.41, 5.74) is 1.95. The zero-order valence-corrected chi connectivity index (χ0v) is 16.6. The predicted octanol–water partition coefficient (Wildman–Crippen LogP) is 3.52. The van der Waals surface area contributed by atoms with Gasteiger partial charge in [0, 0.05) is 37.6 Å². The summed E-state index contributed by atoms with van der Waals surface area (Å²) in [7, 11) is 0. The van der Waals surface area contributed by atoms with E-state index in [0.29, 0.717) is 35.6 Å². The fourth-order valence-electron chi connectivity index (χ4n) is 3.10. The fraction of sp³-hybridized carbons (Fsp3) is 0.286. The van der Waals surface area contributed by atoms with E-state index in [-0.39, 0.29) is 12.3 Å². The first-order valence-electron chi connectivity index (χ1n) is 9.47. The van der Waals surface area contributed by atoms with Crippen molar-refractivity contribution in [2.24, 2.45) is 0 Å². The third-order valence-corrected chi connectivity index (χ3v) is 4.79. The number of pyridine rings is 1. The number of halogens is 1. The number of amides is 1. The van der Waals surface area contributed by atoms with Gasteiger partial charge in [-0.3, -0.25) is 14.5 Å². The quantitative estimate of drug-likeness (QED) is 0.670. The van der Waals surface area contributed by atoms with Gasteiger partial charge in [-0.2, -0.15) is 5.10 Å². The average molecular weight is 413 g/mol. The number of hydrogen-bond donors (Lipinski definition) is 1. The lowest BCUT2D eigenvalue weighted by Gasteiger charge is -2.11. The standard InChI is InChI=1S/C21H21ClN4O3/c22-17-12-16(13-18-21(17)29-11-1-10-28-18)14-20(27)24-19-5-9-26(25-19)8-4-15-2-6-23-7-3-15/h2-3,5-7,9,12-13H,1,4,8,10-11,14H2,(H,24,25,27). The molecule has 1 N–H and O–H groups in total. The van der Waals surface area contributed by atoms with Crippen LogP contribution in [0.15, 0.2) is 48.9 Å². The number of fused-ring (bicyclic) bond motifs is 1. The van der Waals surface area contributed by atoms with Gasteiger partial charge < -0.3 is 14.8 Å². The lowest BCUT2D eigenvalue weighted by Crippen LogP contribution is -2.15. The van der Waals surface area contributed by atoms with Crippen LogP contribution < -0.4 is 14.8 Å². The molecule has 150 valence electrons. The van der Waals surface area contributed by atoms with Crippen LogP contribution in [-0.2, 0) is 24.2 Å². The van der Waals surface area contributed by atoms with E-state index in [9.17, 15) is 4.79 Å². The van der Waals surface area contributed by atoms with Crippen molar-refractivity contribution in [3.8, 4) is 11.5 Å². The molecule has 3 aromatic rings. The van der Waals surface area contributed by atoms with Crippen molar-refractivity contribution in [2.75, 3.05) is 18.5 Å². The number of nitrogens with one attached hydrogen (secondary N) is 1. The number of carbonyl (C=O) groups excluding carboxylic acids is 1. The van der Waals surface area contributed by atoms with Gasteiger partial charge in [-0.05, 0) is 41.8 Å². The van der Waals surface area contributed by atoms with Gasteiger partial charge in [-0.1, -0.05) is 11.6 Å². The Balaban J connectivity index is 1.35. The number of aryl methyl sites for hydroxylation is 2. The zero-order valence-electron chi connectivity index (χ0n) is 15.8. The summed E-state index contributed by atoms with van der Waals surface area (Å²) in [4.78, 5) is 16.4. The van der Waals surface area contributed by atoms with Crippen LogP contribution in [0.1, 0.15) is 17.5 Å². The second-order valence-electron chi connectivity index (χ2n) is 6.75. The van der Waals surface area contributed by atoms with E-state index in [1.54, 1.807) is 35.3 Å². The SMILES string of the molecule is O=C(Cc1cc(Cl)c2c(c1)OCCCO2)Nc1ccn(CCc2ccncc2)n1. The minimum Gasteiger partial charge on any atom is -0.489 e. The lowest BCUT2D eigenvalue weighted by atomic mass is 10.1. The second kappa shape index (κ2) is 8.96. The maximum absolute atomic E-state index is 12.4. The molecule has 1 aliphatic heterocycles. The number of carbonyl (C=O) groups is 1. The van der Waals surface area contributed by atoms with Crippen LogP contribution in [0.3, 0.4) is 0 Å². The summed E-state index contributed by atoms with van der Waals surface area (Å²) in [6.45, 7) is 1.85. The van der Waals surface area contributed by atoms with E-state index in [0.717, 1.165) is 24.9 Å². The Morgan fingerprint density at radius 1 is 1.14 bits per heavy atom. The molecular formula is C21H21ClN4O3. The summed E-state index contributed by atoms with van der Waals surface area (Å²) in [6, 6.07) is 9.28. The third-order valence-electron chi connectivity index (χ3n) is 4.51. The number of hydrogen-bond acceptors (Lipinski definition) is 5. The number of ether oxygens (including phenoxy) is 2. The molecule has 4 rings (SSSR count). The molecule has 0 saturated heterocycles. The number of rotatable bonds is 6. The summed E-state index contributed by atoms with van der Waals surface area (Å²) in [5.74, 6) is 1.47. The van der Waals surface area contributed by atoms with Crippen LogP contribution in [-0.4, -0.2) is 33.9 Å². The predicted molar refractivity (Wildman–Crippen MR) is 110 cm³/mol. The van der Waals surface area contributed by atoms with Crippen molar-refractivity contribution in [1.29, 1.82) is 0 Å². The maximum Gasteiger partial charge on any atom is 0.229 e. The normalized spacial score (nSPS) is 13.0. The van der Waals surface area contributed by atoms with Crippen LogP contribution in [0.5, 0.6) is 11.5 Å². The van der Waals surface area contributed by atoms with Gasteiger partial charge in [0.1, 0.15) is 0 Å². The van der Waals surface area contributed by atoms with Crippen LogP contribution in [0.4, 0.5) is 5.82 Å². The van der Waals surface area contributed by atoms with E-state index in [1.165, 1.54) is 5.56 Å². The highest BCUT2D eigenvalue weighted by Gasteiger charge is 2.17. The maximum atomic E-state index is 12.4. The van der Waals surface area contributed by atoms with Crippen LogP contribution in [0.2, 0.25) is 5.02 Å². The van der Waals surface area contributed by atoms with Gasteiger partial charge >= 0.3 is 0 Å². The molecule has 0 saturated carbocycles. The lowest BCUT2D eigenvalue weighted by molar-refractivity contribution is -0.115. The molecule has 2 aromatic heterocycles. The number of benzene rings is 1. The van der Waals surface area contributed by atoms with Gasteiger partial charge in [0.15, 0.2) is 17.3 Å². The summed E-state index contributed by atoms with van der Waals surface area (Å²) in [5, 5.41) is 7.68. The van der Waals surface area contributed by atoms with Crippen molar-refractivity contribution < 1.29 is 14.3 Å². The topological polar surface area (TPSA) is 78.3 Å². The highest BCUT2D eigenvalue weighted by atomic mass is 35.5. The molecule has 0 aliphatic carbocycles. The molecule has 8 heteroatoms. The van der Waals surface area contributed by atoms with Gasteiger partial charge in [0.25, 0.3) is 0 Å². The Kier molecular flexibility index (Phi) is 5.95. The number of anilines is 1. The van der Waals surface area contributed by atoms with Crippen LogP contribution >= 0.6 is 11.6 Å². The molecule has 29 heavy (non-hydrogen) atoms. The van der Waals surface area contributed by atoms with Crippen molar-refractivity contribution in [3.05, 3.63) is 65.1 Å². The van der Waals surface area contributed by atoms with E-state index >= 15 is 0 Å². The first-order valence-corrected chi connectivity index (χ1v) is 9.85.